The molecule has 1 aliphatic heterocycles. The van der Waals surface area contributed by atoms with Crippen molar-refractivity contribution in [2.24, 2.45) is 11.8 Å². The molecule has 2 aromatic rings. The molecule has 2 aromatic carbocycles. The number of carbonyl (C=O) groups is 1. The van der Waals surface area contributed by atoms with Crippen LogP contribution in [-0.2, 0) is 10.3 Å². The van der Waals surface area contributed by atoms with Gasteiger partial charge in [0.05, 0.1) is 5.60 Å². The first kappa shape index (κ1) is 30.1. The Labute approximate surface area is 228 Å². The normalized spacial score (nSPS) is 18.3. The molecule has 3 atom stereocenters. The van der Waals surface area contributed by atoms with Crippen molar-refractivity contribution in [3.8, 4) is 11.1 Å². The van der Waals surface area contributed by atoms with Gasteiger partial charge in [0.1, 0.15) is 5.82 Å². The standard InChI is InChI=1S/C31H46FN3O3/c1-23(2)20-25(21-33-3)34-30(36)35-18-11-12-24(22-35)31(37,17-9-10-19-38-4)28-15-7-5-13-26(28)27-14-6-8-16-29(27)32/h5-8,13-16,23-25,33,37H,9-12,17-22H2,1-4H3,(H,34,36). The third-order valence-electron chi connectivity index (χ3n) is 7.63. The van der Waals surface area contributed by atoms with Gasteiger partial charge in [0.25, 0.3) is 0 Å². The molecule has 3 unspecified atom stereocenters. The zero-order valence-electron chi connectivity index (χ0n) is 23.5. The Bertz CT molecular complexity index is 1020. The Balaban J connectivity index is 1.90. The number of nitrogens with one attached hydrogen (secondary N) is 2. The van der Waals surface area contributed by atoms with E-state index in [1.165, 1.54) is 6.07 Å². The van der Waals surface area contributed by atoms with Crippen LogP contribution in [0.2, 0.25) is 0 Å². The number of aliphatic hydroxyl groups is 1. The van der Waals surface area contributed by atoms with Gasteiger partial charge in [-0.2, -0.15) is 0 Å². The maximum Gasteiger partial charge on any atom is 0.317 e. The Morgan fingerprint density at radius 3 is 2.55 bits per heavy atom. The minimum Gasteiger partial charge on any atom is -0.385 e. The second kappa shape index (κ2) is 14.6. The molecule has 0 aliphatic carbocycles. The number of ether oxygens (including phenoxy) is 1. The molecule has 3 rings (SSSR count). The number of urea groups is 1. The number of halogens is 1. The third kappa shape index (κ3) is 7.78. The highest BCUT2D eigenvalue weighted by atomic mass is 19.1. The molecule has 0 saturated carbocycles. The summed E-state index contributed by atoms with van der Waals surface area (Å²) in [4.78, 5) is 15.2. The maximum atomic E-state index is 14.9. The molecule has 210 valence electrons. The minimum atomic E-state index is -1.21. The average molecular weight is 528 g/mol. The van der Waals surface area contributed by atoms with E-state index >= 15 is 0 Å². The lowest BCUT2D eigenvalue weighted by atomic mass is 9.72. The van der Waals surface area contributed by atoms with Crippen LogP contribution >= 0.6 is 0 Å². The average Bonchev–Trinajstić information content (AvgIpc) is 2.91. The van der Waals surface area contributed by atoms with Gasteiger partial charge in [-0.05, 0) is 68.7 Å². The van der Waals surface area contributed by atoms with Crippen LogP contribution < -0.4 is 10.6 Å². The number of methoxy groups -OCH3 is 1. The maximum absolute atomic E-state index is 14.9. The molecule has 6 nitrogen and oxygen atoms in total. The molecular weight excluding hydrogens is 481 g/mol. The molecule has 0 radical (unpaired) electrons. The minimum absolute atomic E-state index is 0.0441. The number of hydrogen-bond donors (Lipinski definition) is 3. The number of hydrogen-bond acceptors (Lipinski definition) is 4. The summed E-state index contributed by atoms with van der Waals surface area (Å²) < 4.78 is 20.2. The molecule has 3 N–H and O–H groups in total. The van der Waals surface area contributed by atoms with Crippen molar-refractivity contribution in [3.63, 3.8) is 0 Å². The lowest BCUT2D eigenvalue weighted by Gasteiger charge is -2.44. The lowest BCUT2D eigenvalue weighted by molar-refractivity contribution is -0.0559. The predicted octanol–water partition coefficient (Wildman–Crippen LogP) is 5.55. The summed E-state index contributed by atoms with van der Waals surface area (Å²) >= 11 is 0. The van der Waals surface area contributed by atoms with Crippen LogP contribution in [0.1, 0.15) is 57.9 Å². The number of piperidine rings is 1. The molecule has 0 aromatic heterocycles. The molecular formula is C31H46FN3O3. The van der Waals surface area contributed by atoms with Crippen molar-refractivity contribution in [1.29, 1.82) is 0 Å². The van der Waals surface area contributed by atoms with Crippen LogP contribution in [0.25, 0.3) is 11.1 Å². The van der Waals surface area contributed by atoms with Crippen molar-refractivity contribution in [2.75, 3.05) is 40.4 Å². The van der Waals surface area contributed by atoms with E-state index in [4.69, 9.17) is 4.74 Å². The number of amides is 2. The highest BCUT2D eigenvalue weighted by molar-refractivity contribution is 5.75. The van der Waals surface area contributed by atoms with Gasteiger partial charge in [-0.15, -0.1) is 0 Å². The van der Waals surface area contributed by atoms with E-state index in [0.29, 0.717) is 49.7 Å². The number of rotatable bonds is 13. The van der Waals surface area contributed by atoms with Gasteiger partial charge in [-0.1, -0.05) is 56.3 Å². The van der Waals surface area contributed by atoms with Crippen molar-refractivity contribution in [3.05, 3.63) is 59.9 Å². The van der Waals surface area contributed by atoms with E-state index < -0.39 is 5.60 Å². The van der Waals surface area contributed by atoms with Crippen molar-refractivity contribution >= 4 is 6.03 Å². The Morgan fingerprint density at radius 1 is 1.16 bits per heavy atom. The van der Waals surface area contributed by atoms with Gasteiger partial charge < -0.3 is 25.4 Å². The van der Waals surface area contributed by atoms with Crippen LogP contribution in [0, 0.1) is 17.7 Å². The van der Waals surface area contributed by atoms with E-state index in [1.54, 1.807) is 19.2 Å². The zero-order valence-corrected chi connectivity index (χ0v) is 23.5. The molecule has 0 spiro atoms. The monoisotopic (exact) mass is 527 g/mol. The number of unbranched alkanes of at least 4 members (excludes halogenated alkanes) is 1. The molecule has 1 fully saturated rings. The molecule has 1 aliphatic rings. The Morgan fingerprint density at radius 2 is 1.87 bits per heavy atom. The van der Waals surface area contributed by atoms with Gasteiger partial charge in [0.2, 0.25) is 0 Å². The number of benzene rings is 2. The molecule has 38 heavy (non-hydrogen) atoms. The fourth-order valence-corrected chi connectivity index (χ4v) is 5.80. The Kier molecular flexibility index (Phi) is 11.6. The summed E-state index contributed by atoms with van der Waals surface area (Å²) in [7, 11) is 3.57. The predicted molar refractivity (Wildman–Crippen MR) is 151 cm³/mol. The first-order chi connectivity index (χ1) is 18.3. The van der Waals surface area contributed by atoms with Gasteiger partial charge in [-0.25, -0.2) is 9.18 Å². The fraction of sp³-hybridized carbons (Fsp3) is 0.581. The smallest absolute Gasteiger partial charge is 0.317 e. The van der Waals surface area contributed by atoms with Crippen LogP contribution in [-0.4, -0.2) is 62.5 Å². The zero-order chi connectivity index (χ0) is 27.5. The van der Waals surface area contributed by atoms with Gasteiger partial charge >= 0.3 is 6.03 Å². The van der Waals surface area contributed by atoms with Crippen LogP contribution in [0.5, 0.6) is 0 Å². The van der Waals surface area contributed by atoms with E-state index in [1.807, 2.05) is 42.3 Å². The summed E-state index contributed by atoms with van der Waals surface area (Å²) in [5.41, 5.74) is 0.691. The number of carbonyl (C=O) groups excluding carboxylic acids is 1. The highest BCUT2D eigenvalue weighted by Gasteiger charge is 2.42. The summed E-state index contributed by atoms with van der Waals surface area (Å²) in [6.07, 6.45) is 4.58. The van der Waals surface area contributed by atoms with Crippen LogP contribution in [0.3, 0.4) is 0 Å². The number of likely N-dealkylation sites (N-methyl/N-ethyl adjacent to an activating group) is 1. The Hall–Kier alpha value is -2.48. The third-order valence-corrected chi connectivity index (χ3v) is 7.63. The lowest BCUT2D eigenvalue weighted by Crippen LogP contribution is -2.54. The number of likely N-dealkylation sites (tertiary alicyclic amines) is 1. The fourth-order valence-electron chi connectivity index (χ4n) is 5.80. The molecule has 0 bridgehead atoms. The van der Waals surface area contributed by atoms with E-state index in [9.17, 15) is 14.3 Å². The quantitative estimate of drug-likeness (QED) is 0.299. The van der Waals surface area contributed by atoms with Crippen molar-refractivity contribution in [2.45, 2.75) is 64.0 Å². The summed E-state index contributed by atoms with van der Waals surface area (Å²) in [6.45, 7) is 6.75. The molecule has 1 saturated heterocycles. The first-order valence-corrected chi connectivity index (χ1v) is 14.1. The second-order valence-corrected chi connectivity index (χ2v) is 11.0. The second-order valence-electron chi connectivity index (χ2n) is 11.0. The SMILES string of the molecule is CNCC(CC(C)C)NC(=O)N1CCCC(C(O)(CCCCOC)c2ccccc2-c2ccccc2F)C1. The summed E-state index contributed by atoms with van der Waals surface area (Å²) in [5.74, 6) is -0.0211. The largest absolute Gasteiger partial charge is 0.385 e. The van der Waals surface area contributed by atoms with Crippen LogP contribution in [0.4, 0.5) is 9.18 Å². The molecule has 2 amide bonds. The topological polar surface area (TPSA) is 73.8 Å². The van der Waals surface area contributed by atoms with Crippen molar-refractivity contribution < 1.29 is 19.0 Å². The van der Waals surface area contributed by atoms with Crippen molar-refractivity contribution in [1.82, 2.24) is 15.5 Å². The van der Waals surface area contributed by atoms with Gasteiger partial charge in [0.15, 0.2) is 0 Å². The van der Waals surface area contributed by atoms with E-state index in [-0.39, 0.29) is 23.8 Å². The first-order valence-electron chi connectivity index (χ1n) is 14.1. The summed E-state index contributed by atoms with van der Waals surface area (Å²) in [5, 5.41) is 18.9. The number of nitrogens with zero attached hydrogens (tertiary/aromatic N) is 1. The van der Waals surface area contributed by atoms with Gasteiger partial charge in [-0.3, -0.25) is 0 Å². The molecule has 7 heteroatoms. The highest BCUT2D eigenvalue weighted by Crippen LogP contribution is 2.44. The summed E-state index contributed by atoms with van der Waals surface area (Å²) in [6, 6.07) is 14.3. The van der Waals surface area contributed by atoms with Gasteiger partial charge in [0, 0.05) is 50.9 Å². The van der Waals surface area contributed by atoms with E-state index in [0.717, 1.165) is 37.7 Å². The van der Waals surface area contributed by atoms with E-state index in [2.05, 4.69) is 24.5 Å². The van der Waals surface area contributed by atoms with Crippen LogP contribution in [0.15, 0.2) is 48.5 Å². The molecule has 1 heterocycles.